The normalized spacial score (nSPS) is 24.5. The number of ketones is 2. The second-order valence-corrected chi connectivity index (χ2v) is 15.4. The lowest BCUT2D eigenvalue weighted by Gasteiger charge is -2.40. The summed E-state index contributed by atoms with van der Waals surface area (Å²) in [4.78, 5) is 27.9. The Kier molecular flexibility index (Phi) is 12.1. The Morgan fingerprint density at radius 2 is 1.30 bits per heavy atom. The summed E-state index contributed by atoms with van der Waals surface area (Å²) in [6, 6.07) is 0. The van der Waals surface area contributed by atoms with Crippen molar-refractivity contribution in [1.29, 1.82) is 0 Å². The highest BCUT2D eigenvalue weighted by Crippen LogP contribution is 2.61. The SMILES string of the molecule is CC(C)=CCCC(C)=CCCC(C)=CCC12C(=O)C=C(C)C(=O)C1(O)Oc1c3c(c(O)c(C)c12)OC(C)(CCC=C(C)CCC=C(C)C)C=C3. The Hall–Kier alpha value is -3.90. The molecule has 1 aliphatic carbocycles. The minimum absolute atomic E-state index is 0.0423. The fraction of sp³-hybridized carbons (Fsp3) is 0.500. The van der Waals surface area contributed by atoms with Gasteiger partial charge in [0.1, 0.15) is 16.8 Å². The maximum Gasteiger partial charge on any atom is 0.290 e. The van der Waals surface area contributed by atoms with Crippen molar-refractivity contribution in [2.24, 2.45) is 0 Å². The van der Waals surface area contributed by atoms with Gasteiger partial charge in [-0.15, -0.1) is 0 Å². The Bertz CT molecular complexity index is 1740. The van der Waals surface area contributed by atoms with Gasteiger partial charge in [-0.05, 0) is 145 Å². The molecule has 3 aliphatic rings. The zero-order valence-electron chi connectivity index (χ0n) is 32.0. The van der Waals surface area contributed by atoms with Crippen LogP contribution in [-0.4, -0.2) is 33.2 Å². The molecular weight excluding hydrogens is 624 g/mol. The summed E-state index contributed by atoms with van der Waals surface area (Å²) in [5.41, 5.74) is 5.12. The lowest BCUT2D eigenvalue weighted by Crippen LogP contribution is -2.63. The van der Waals surface area contributed by atoms with Gasteiger partial charge in [-0.1, -0.05) is 58.2 Å². The van der Waals surface area contributed by atoms with Gasteiger partial charge in [0.05, 0.1) is 5.56 Å². The molecular formula is C44H58O6. The minimum atomic E-state index is -2.46. The third-order valence-corrected chi connectivity index (χ3v) is 10.4. The van der Waals surface area contributed by atoms with E-state index in [0.29, 0.717) is 23.1 Å². The van der Waals surface area contributed by atoms with Gasteiger partial charge in [-0.2, -0.15) is 0 Å². The van der Waals surface area contributed by atoms with Crippen LogP contribution >= 0.6 is 0 Å². The van der Waals surface area contributed by atoms with Gasteiger partial charge in [0.15, 0.2) is 17.3 Å². The summed E-state index contributed by atoms with van der Waals surface area (Å²) < 4.78 is 12.8. The Morgan fingerprint density at radius 3 is 1.88 bits per heavy atom. The monoisotopic (exact) mass is 682 g/mol. The number of allylic oxidation sites excluding steroid dienone is 11. The number of rotatable bonds is 14. The molecule has 0 aromatic heterocycles. The number of phenols is 1. The number of aliphatic hydroxyl groups is 1. The van der Waals surface area contributed by atoms with Crippen LogP contribution in [0, 0.1) is 6.92 Å². The predicted octanol–water partition coefficient (Wildman–Crippen LogP) is 10.6. The number of aromatic hydroxyl groups is 1. The number of carbonyl (C=O) groups is 2. The van der Waals surface area contributed by atoms with Gasteiger partial charge < -0.3 is 19.7 Å². The van der Waals surface area contributed by atoms with Crippen LogP contribution in [0.2, 0.25) is 0 Å². The molecule has 2 heterocycles. The maximum absolute atomic E-state index is 14.1. The molecule has 50 heavy (non-hydrogen) atoms. The second kappa shape index (κ2) is 15.6. The van der Waals surface area contributed by atoms with E-state index < -0.39 is 28.4 Å². The number of hydrogen-bond donors (Lipinski definition) is 2. The van der Waals surface area contributed by atoms with E-state index in [-0.39, 0.29) is 29.2 Å². The van der Waals surface area contributed by atoms with Gasteiger partial charge in [0, 0.05) is 16.7 Å². The molecule has 2 N–H and O–H groups in total. The standard InChI is InChI=1S/C44H58O6/c1-28(2)15-11-17-30(5)19-13-20-32(7)22-26-43-36(45)27-33(8)41(47)44(43,48)50-39-35-23-25-42(10,49-40(35)38(46)34(9)37(39)43)24-14-21-31(6)18-12-16-29(3)4/h15-16,19,21-23,25,27,46,48H,11-14,17-18,20,24,26H2,1-10H3. The molecule has 0 spiro atoms. The smallest absolute Gasteiger partial charge is 0.290 e. The highest BCUT2D eigenvalue weighted by atomic mass is 16.6. The van der Waals surface area contributed by atoms with E-state index in [2.05, 4.69) is 65.8 Å². The molecule has 0 bridgehead atoms. The molecule has 0 radical (unpaired) electrons. The molecule has 3 atom stereocenters. The van der Waals surface area contributed by atoms with E-state index in [9.17, 15) is 19.8 Å². The highest BCUT2D eigenvalue weighted by Gasteiger charge is 2.70. The Balaban J connectivity index is 1.65. The molecule has 0 fully saturated rings. The van der Waals surface area contributed by atoms with Crippen LogP contribution in [0.4, 0.5) is 0 Å². The molecule has 3 unspecified atom stereocenters. The first-order valence-corrected chi connectivity index (χ1v) is 18.2. The average Bonchev–Trinajstić information content (AvgIpc) is 3.32. The number of carbonyl (C=O) groups excluding carboxylic acids is 2. The van der Waals surface area contributed by atoms with Crippen LogP contribution in [0.25, 0.3) is 6.08 Å². The predicted molar refractivity (Wildman–Crippen MR) is 204 cm³/mol. The van der Waals surface area contributed by atoms with E-state index in [1.54, 1.807) is 6.92 Å². The second-order valence-electron chi connectivity index (χ2n) is 15.4. The number of ether oxygens (including phenoxy) is 2. The van der Waals surface area contributed by atoms with Gasteiger partial charge in [0.2, 0.25) is 5.78 Å². The van der Waals surface area contributed by atoms with Gasteiger partial charge in [-0.25, -0.2) is 0 Å². The van der Waals surface area contributed by atoms with Crippen LogP contribution in [0.15, 0.2) is 76.0 Å². The van der Waals surface area contributed by atoms with Crippen molar-refractivity contribution in [3.05, 3.63) is 92.7 Å². The first-order valence-electron chi connectivity index (χ1n) is 18.2. The summed E-state index contributed by atoms with van der Waals surface area (Å²) in [5.74, 6) is -3.21. The van der Waals surface area contributed by atoms with Crippen LogP contribution < -0.4 is 9.47 Å². The summed E-state index contributed by atoms with van der Waals surface area (Å²) in [6.45, 7) is 19.9. The fourth-order valence-corrected chi connectivity index (χ4v) is 7.25. The molecule has 270 valence electrons. The van der Waals surface area contributed by atoms with Gasteiger partial charge in [-0.3, -0.25) is 9.59 Å². The van der Waals surface area contributed by atoms with E-state index >= 15 is 0 Å². The molecule has 6 nitrogen and oxygen atoms in total. The van der Waals surface area contributed by atoms with Gasteiger partial charge >= 0.3 is 0 Å². The van der Waals surface area contributed by atoms with Crippen LogP contribution in [0.5, 0.6) is 17.2 Å². The van der Waals surface area contributed by atoms with Crippen LogP contribution in [0.3, 0.4) is 0 Å². The van der Waals surface area contributed by atoms with E-state index in [1.807, 2.05) is 32.1 Å². The zero-order chi connectivity index (χ0) is 37.0. The van der Waals surface area contributed by atoms with Gasteiger partial charge in [0.25, 0.3) is 5.79 Å². The molecule has 1 aromatic carbocycles. The number of fused-ring (bicyclic) bond motifs is 5. The van der Waals surface area contributed by atoms with Crippen molar-refractivity contribution in [2.45, 2.75) is 144 Å². The third kappa shape index (κ3) is 7.86. The molecule has 2 aliphatic heterocycles. The number of benzene rings is 1. The maximum atomic E-state index is 14.1. The van der Waals surface area contributed by atoms with Crippen molar-refractivity contribution in [1.82, 2.24) is 0 Å². The quantitative estimate of drug-likeness (QED) is 0.190. The average molecular weight is 683 g/mol. The summed E-state index contributed by atoms with van der Waals surface area (Å²) in [5, 5.41) is 23.9. The number of Topliss-reactive ketones (excluding diaryl/α,β-unsaturated/α-hetero) is 1. The van der Waals surface area contributed by atoms with Crippen LogP contribution in [-0.2, 0) is 15.0 Å². The third-order valence-electron chi connectivity index (χ3n) is 10.4. The van der Waals surface area contributed by atoms with Crippen molar-refractivity contribution < 1.29 is 29.3 Å². The number of phenolic OH excluding ortho intramolecular Hbond substituents is 1. The zero-order valence-corrected chi connectivity index (χ0v) is 32.0. The molecule has 0 saturated heterocycles. The Morgan fingerprint density at radius 1 is 0.760 bits per heavy atom. The molecule has 6 heteroatoms. The largest absolute Gasteiger partial charge is 0.504 e. The number of hydrogen-bond acceptors (Lipinski definition) is 6. The molecule has 1 aromatic rings. The molecule has 4 rings (SSSR count). The highest BCUT2D eigenvalue weighted by molar-refractivity contribution is 6.19. The molecule has 0 amide bonds. The lowest BCUT2D eigenvalue weighted by atomic mass is 9.62. The fourth-order valence-electron chi connectivity index (χ4n) is 7.25. The first kappa shape index (κ1) is 38.9. The topological polar surface area (TPSA) is 93.1 Å². The van der Waals surface area contributed by atoms with Crippen LogP contribution in [0.1, 0.15) is 137 Å². The Labute approximate surface area is 300 Å². The summed E-state index contributed by atoms with van der Waals surface area (Å²) in [6.07, 6.45) is 23.2. The summed E-state index contributed by atoms with van der Waals surface area (Å²) in [7, 11) is 0. The van der Waals surface area contributed by atoms with E-state index in [1.165, 1.54) is 35.3 Å². The first-order chi connectivity index (χ1) is 23.5. The summed E-state index contributed by atoms with van der Waals surface area (Å²) >= 11 is 0. The van der Waals surface area contributed by atoms with Crippen molar-refractivity contribution in [3.8, 4) is 17.2 Å². The van der Waals surface area contributed by atoms with Crippen molar-refractivity contribution >= 4 is 17.6 Å². The van der Waals surface area contributed by atoms with Crippen molar-refractivity contribution in [2.75, 3.05) is 0 Å². The van der Waals surface area contributed by atoms with E-state index in [4.69, 9.17) is 9.47 Å². The lowest BCUT2D eigenvalue weighted by molar-refractivity contribution is -0.188. The molecule has 0 saturated carbocycles. The van der Waals surface area contributed by atoms with E-state index in [0.717, 1.165) is 50.5 Å². The minimum Gasteiger partial charge on any atom is -0.504 e. The van der Waals surface area contributed by atoms with Crippen molar-refractivity contribution in [3.63, 3.8) is 0 Å².